The Morgan fingerprint density at radius 3 is 2.75 bits per heavy atom. The molecule has 1 atom stereocenters. The molecular formula is C14H14O2. The lowest BCUT2D eigenvalue weighted by Crippen LogP contribution is -1.99. The first-order chi connectivity index (χ1) is 7.84. The van der Waals surface area contributed by atoms with Gasteiger partial charge in [-0.1, -0.05) is 18.2 Å². The summed E-state index contributed by atoms with van der Waals surface area (Å²) >= 11 is 0. The second kappa shape index (κ2) is 3.80. The molecule has 0 saturated heterocycles. The minimum atomic E-state index is -0.565. The van der Waals surface area contributed by atoms with Gasteiger partial charge in [-0.2, -0.15) is 0 Å². The highest BCUT2D eigenvalue weighted by atomic mass is 16.3. The fourth-order valence-electron chi connectivity index (χ4n) is 2.38. The van der Waals surface area contributed by atoms with Gasteiger partial charge in [0.25, 0.3) is 0 Å². The van der Waals surface area contributed by atoms with Crippen molar-refractivity contribution in [3.63, 3.8) is 0 Å². The Morgan fingerprint density at radius 2 is 1.94 bits per heavy atom. The van der Waals surface area contributed by atoms with Crippen molar-refractivity contribution in [2.75, 3.05) is 0 Å². The maximum atomic E-state index is 10.2. The molecule has 0 bridgehead atoms. The lowest BCUT2D eigenvalue weighted by atomic mass is 10.00. The summed E-state index contributed by atoms with van der Waals surface area (Å²) in [6.45, 7) is 0. The van der Waals surface area contributed by atoms with E-state index in [2.05, 4.69) is 12.1 Å². The van der Waals surface area contributed by atoms with E-state index in [1.807, 2.05) is 6.07 Å². The molecule has 0 amide bonds. The van der Waals surface area contributed by atoms with Gasteiger partial charge in [0.2, 0.25) is 0 Å². The Kier molecular flexibility index (Phi) is 2.29. The highest BCUT2D eigenvalue weighted by Crippen LogP contribution is 2.28. The quantitative estimate of drug-likeness (QED) is 0.833. The molecule has 2 aromatic rings. The van der Waals surface area contributed by atoms with Crippen molar-refractivity contribution >= 4 is 0 Å². The summed E-state index contributed by atoms with van der Waals surface area (Å²) in [7, 11) is 0. The summed E-state index contributed by atoms with van der Waals surface area (Å²) in [6, 6.07) is 8.08. The predicted molar refractivity (Wildman–Crippen MR) is 61.2 cm³/mol. The molecule has 2 heteroatoms. The molecule has 1 aromatic heterocycles. The standard InChI is InChI=1S/C14H14O2/c15-14(13-6-7-16-9-13)12-5-4-10-2-1-3-11(10)8-12/h4-9,14-15H,1-3H2. The zero-order valence-corrected chi connectivity index (χ0v) is 9.02. The normalized spacial score (nSPS) is 16.1. The molecular weight excluding hydrogens is 200 g/mol. The van der Waals surface area contributed by atoms with Crippen LogP contribution in [-0.2, 0) is 12.8 Å². The number of furan rings is 1. The highest BCUT2D eigenvalue weighted by Gasteiger charge is 2.16. The van der Waals surface area contributed by atoms with Crippen molar-refractivity contribution in [1.82, 2.24) is 0 Å². The van der Waals surface area contributed by atoms with Gasteiger partial charge >= 0.3 is 0 Å². The molecule has 0 fully saturated rings. The van der Waals surface area contributed by atoms with E-state index in [0.29, 0.717) is 0 Å². The number of aryl methyl sites for hydroxylation is 2. The fraction of sp³-hybridized carbons (Fsp3) is 0.286. The van der Waals surface area contributed by atoms with Crippen molar-refractivity contribution in [2.24, 2.45) is 0 Å². The van der Waals surface area contributed by atoms with Gasteiger partial charge in [-0.15, -0.1) is 0 Å². The SMILES string of the molecule is OC(c1ccoc1)c1ccc2c(c1)CCC2. The van der Waals surface area contributed by atoms with Crippen LogP contribution < -0.4 is 0 Å². The Hall–Kier alpha value is -1.54. The molecule has 2 nitrogen and oxygen atoms in total. The first kappa shape index (κ1) is 9.67. The van der Waals surface area contributed by atoms with Gasteiger partial charge in [0.1, 0.15) is 6.10 Å². The number of aliphatic hydroxyl groups is 1. The fourth-order valence-corrected chi connectivity index (χ4v) is 2.38. The van der Waals surface area contributed by atoms with E-state index in [1.165, 1.54) is 24.0 Å². The van der Waals surface area contributed by atoms with Gasteiger partial charge in [-0.3, -0.25) is 0 Å². The van der Waals surface area contributed by atoms with E-state index in [-0.39, 0.29) is 0 Å². The van der Waals surface area contributed by atoms with Gasteiger partial charge < -0.3 is 9.52 Å². The maximum Gasteiger partial charge on any atom is 0.107 e. The third-order valence-electron chi connectivity index (χ3n) is 3.30. The van der Waals surface area contributed by atoms with Crippen molar-refractivity contribution in [3.8, 4) is 0 Å². The van der Waals surface area contributed by atoms with Crippen LogP contribution in [0, 0.1) is 0 Å². The number of hydrogen-bond donors (Lipinski definition) is 1. The van der Waals surface area contributed by atoms with Crippen molar-refractivity contribution in [1.29, 1.82) is 0 Å². The molecule has 1 aliphatic carbocycles. The monoisotopic (exact) mass is 214 g/mol. The first-order valence-electron chi connectivity index (χ1n) is 5.66. The molecule has 82 valence electrons. The smallest absolute Gasteiger partial charge is 0.107 e. The average Bonchev–Trinajstić information content (AvgIpc) is 2.98. The lowest BCUT2D eigenvalue weighted by Gasteiger charge is -2.10. The molecule has 1 N–H and O–H groups in total. The molecule has 3 rings (SSSR count). The van der Waals surface area contributed by atoms with Gasteiger partial charge in [0.05, 0.1) is 12.5 Å². The van der Waals surface area contributed by atoms with Crippen molar-refractivity contribution < 1.29 is 9.52 Å². The Balaban J connectivity index is 1.95. The van der Waals surface area contributed by atoms with Crippen LogP contribution in [0.4, 0.5) is 0 Å². The highest BCUT2D eigenvalue weighted by molar-refractivity contribution is 5.38. The molecule has 1 heterocycles. The number of benzene rings is 1. The van der Waals surface area contributed by atoms with Crippen LogP contribution in [0.15, 0.2) is 41.2 Å². The third kappa shape index (κ3) is 1.55. The third-order valence-corrected chi connectivity index (χ3v) is 3.30. The molecule has 16 heavy (non-hydrogen) atoms. The average molecular weight is 214 g/mol. The second-order valence-corrected chi connectivity index (χ2v) is 4.34. The topological polar surface area (TPSA) is 33.4 Å². The largest absolute Gasteiger partial charge is 0.472 e. The van der Waals surface area contributed by atoms with Crippen molar-refractivity contribution in [2.45, 2.75) is 25.4 Å². The molecule has 0 aliphatic heterocycles. The Morgan fingerprint density at radius 1 is 1.06 bits per heavy atom. The van der Waals surface area contributed by atoms with Gasteiger partial charge in [0, 0.05) is 5.56 Å². The van der Waals surface area contributed by atoms with E-state index in [0.717, 1.165) is 17.5 Å². The molecule has 0 spiro atoms. The van der Waals surface area contributed by atoms with E-state index in [9.17, 15) is 5.11 Å². The van der Waals surface area contributed by atoms with Crippen LogP contribution in [0.2, 0.25) is 0 Å². The Bertz CT molecular complexity index is 485. The summed E-state index contributed by atoms with van der Waals surface area (Å²) < 4.78 is 4.99. The maximum absolute atomic E-state index is 10.2. The Labute approximate surface area is 94.5 Å². The van der Waals surface area contributed by atoms with Crippen LogP contribution in [0.3, 0.4) is 0 Å². The van der Waals surface area contributed by atoms with Crippen LogP contribution in [-0.4, -0.2) is 5.11 Å². The predicted octanol–water partition coefficient (Wildman–Crippen LogP) is 2.85. The number of rotatable bonds is 2. The van der Waals surface area contributed by atoms with Gasteiger partial charge in [0.15, 0.2) is 0 Å². The van der Waals surface area contributed by atoms with E-state index < -0.39 is 6.10 Å². The first-order valence-corrected chi connectivity index (χ1v) is 5.66. The van der Waals surface area contributed by atoms with Gasteiger partial charge in [-0.05, 0) is 42.0 Å². The molecule has 0 radical (unpaired) electrons. The number of aliphatic hydroxyl groups excluding tert-OH is 1. The van der Waals surface area contributed by atoms with E-state index >= 15 is 0 Å². The minimum Gasteiger partial charge on any atom is -0.472 e. The summed E-state index contributed by atoms with van der Waals surface area (Å²) in [6.07, 6.45) is 6.17. The number of fused-ring (bicyclic) bond motifs is 1. The second-order valence-electron chi connectivity index (χ2n) is 4.34. The van der Waals surface area contributed by atoms with Crippen LogP contribution >= 0.6 is 0 Å². The van der Waals surface area contributed by atoms with Crippen LogP contribution in [0.1, 0.15) is 34.8 Å². The zero-order valence-electron chi connectivity index (χ0n) is 9.02. The minimum absolute atomic E-state index is 0.565. The summed E-state index contributed by atoms with van der Waals surface area (Å²) in [5, 5.41) is 10.2. The van der Waals surface area contributed by atoms with Crippen molar-refractivity contribution in [3.05, 3.63) is 59.0 Å². The molecule has 1 unspecified atom stereocenters. The summed E-state index contributed by atoms with van der Waals surface area (Å²) in [4.78, 5) is 0. The molecule has 1 aromatic carbocycles. The summed E-state index contributed by atoms with van der Waals surface area (Å²) in [5.41, 5.74) is 4.60. The van der Waals surface area contributed by atoms with Gasteiger partial charge in [-0.25, -0.2) is 0 Å². The number of hydrogen-bond acceptors (Lipinski definition) is 2. The lowest BCUT2D eigenvalue weighted by molar-refractivity contribution is 0.219. The zero-order chi connectivity index (χ0) is 11.0. The summed E-state index contributed by atoms with van der Waals surface area (Å²) in [5.74, 6) is 0. The molecule has 1 aliphatic rings. The molecule has 0 saturated carbocycles. The van der Waals surface area contributed by atoms with E-state index in [1.54, 1.807) is 18.6 Å². The van der Waals surface area contributed by atoms with Crippen LogP contribution in [0.5, 0.6) is 0 Å². The van der Waals surface area contributed by atoms with E-state index in [4.69, 9.17) is 4.42 Å². The van der Waals surface area contributed by atoms with Crippen LogP contribution in [0.25, 0.3) is 0 Å².